The quantitative estimate of drug-likeness (QED) is 0.616. The monoisotopic (exact) mass is 316 g/mol. The van der Waals surface area contributed by atoms with Crippen LogP contribution in [0.1, 0.15) is 47.9 Å². The Morgan fingerprint density at radius 1 is 0.895 bits per heavy atom. The Kier molecular flexibility index (Phi) is 4.15. The van der Waals surface area contributed by atoms with E-state index in [4.69, 9.17) is 0 Å². The average Bonchev–Trinajstić information content (AvgIpc) is 2.38. The van der Waals surface area contributed by atoms with Gasteiger partial charge in [0.25, 0.3) is 0 Å². The van der Waals surface area contributed by atoms with Gasteiger partial charge in [-0.05, 0) is 29.0 Å². The Labute approximate surface area is 125 Å². The van der Waals surface area contributed by atoms with Crippen LogP contribution < -0.4 is 0 Å². The van der Waals surface area contributed by atoms with E-state index in [1.807, 2.05) is 0 Å². The summed E-state index contributed by atoms with van der Waals surface area (Å²) in [5.41, 5.74) is 5.53. The van der Waals surface area contributed by atoms with Crippen molar-refractivity contribution in [2.24, 2.45) is 0 Å². The van der Waals surface area contributed by atoms with Gasteiger partial charge in [0.05, 0.1) is 4.83 Å². The van der Waals surface area contributed by atoms with E-state index in [0.29, 0.717) is 0 Å². The van der Waals surface area contributed by atoms with Crippen molar-refractivity contribution in [2.45, 2.75) is 37.9 Å². The predicted octanol–water partition coefficient (Wildman–Crippen LogP) is 5.78. The molecule has 0 nitrogen and oxygen atoms in total. The number of benzene rings is 2. The van der Waals surface area contributed by atoms with Crippen molar-refractivity contribution >= 4 is 15.9 Å². The van der Waals surface area contributed by atoms with Crippen molar-refractivity contribution in [3.8, 4) is 0 Å². The van der Waals surface area contributed by atoms with Crippen molar-refractivity contribution in [3.05, 3.63) is 70.8 Å². The fourth-order valence-electron chi connectivity index (χ4n) is 2.32. The first-order valence-electron chi connectivity index (χ1n) is 6.69. The number of rotatable bonds is 2. The minimum atomic E-state index is 0.160. The van der Waals surface area contributed by atoms with E-state index in [2.05, 4.69) is 92.2 Å². The fraction of sp³-hybridized carbons (Fsp3) is 0.333. The Hall–Kier alpha value is -1.08. The zero-order valence-electron chi connectivity index (χ0n) is 12.1. The smallest absolute Gasteiger partial charge is 0.0647 e. The molecule has 0 fully saturated rings. The summed E-state index contributed by atoms with van der Waals surface area (Å²) in [7, 11) is 0. The molecule has 0 bridgehead atoms. The van der Waals surface area contributed by atoms with Gasteiger partial charge < -0.3 is 0 Å². The minimum Gasteiger partial charge on any atom is -0.0786 e. The molecule has 1 heteroatoms. The number of halogens is 1. The van der Waals surface area contributed by atoms with Crippen molar-refractivity contribution in [1.29, 1.82) is 0 Å². The largest absolute Gasteiger partial charge is 0.0786 e. The Morgan fingerprint density at radius 3 is 2.05 bits per heavy atom. The second-order valence-electron chi connectivity index (χ2n) is 6.11. The van der Waals surface area contributed by atoms with Gasteiger partial charge in [0, 0.05) is 0 Å². The summed E-state index contributed by atoms with van der Waals surface area (Å²) < 4.78 is 0. The molecule has 100 valence electrons. The van der Waals surface area contributed by atoms with E-state index in [9.17, 15) is 0 Å². The lowest BCUT2D eigenvalue weighted by atomic mass is 9.82. The maximum Gasteiger partial charge on any atom is 0.0647 e. The summed E-state index contributed by atoms with van der Waals surface area (Å²) in [4.78, 5) is 0.253. The van der Waals surface area contributed by atoms with Crippen LogP contribution in [0.15, 0.2) is 48.5 Å². The molecule has 0 aromatic heterocycles. The average molecular weight is 317 g/mol. The van der Waals surface area contributed by atoms with Gasteiger partial charge in [0.1, 0.15) is 0 Å². The number of alkyl halides is 1. The zero-order valence-corrected chi connectivity index (χ0v) is 13.7. The van der Waals surface area contributed by atoms with Gasteiger partial charge in [-0.25, -0.2) is 0 Å². The molecular weight excluding hydrogens is 296 g/mol. The van der Waals surface area contributed by atoms with E-state index in [1.165, 1.54) is 22.3 Å². The molecule has 1 atom stereocenters. The van der Waals surface area contributed by atoms with E-state index in [1.54, 1.807) is 0 Å². The van der Waals surface area contributed by atoms with Gasteiger partial charge in [-0.3, -0.25) is 0 Å². The van der Waals surface area contributed by atoms with Gasteiger partial charge >= 0.3 is 0 Å². The molecule has 19 heavy (non-hydrogen) atoms. The summed E-state index contributed by atoms with van der Waals surface area (Å²) in [5.74, 6) is 0. The van der Waals surface area contributed by atoms with Crippen LogP contribution in [0, 0.1) is 6.92 Å². The highest BCUT2D eigenvalue weighted by Gasteiger charge is 2.21. The SMILES string of the molecule is Cc1ccc(C(Br)c2ccccc2C(C)(C)C)cc1. The lowest BCUT2D eigenvalue weighted by molar-refractivity contribution is 0.584. The highest BCUT2D eigenvalue weighted by Crippen LogP contribution is 2.37. The van der Waals surface area contributed by atoms with Crippen molar-refractivity contribution < 1.29 is 0 Å². The molecule has 1 unspecified atom stereocenters. The second kappa shape index (κ2) is 5.50. The molecule has 0 saturated carbocycles. The third kappa shape index (κ3) is 3.27. The van der Waals surface area contributed by atoms with Crippen LogP contribution in [0.2, 0.25) is 0 Å². The minimum absolute atomic E-state index is 0.160. The standard InChI is InChI=1S/C18H21Br/c1-13-9-11-14(12-10-13)17(19)15-7-5-6-8-16(15)18(2,3)4/h5-12,17H,1-4H3. The predicted molar refractivity (Wildman–Crippen MR) is 87.1 cm³/mol. The van der Waals surface area contributed by atoms with Gasteiger partial charge in [0.2, 0.25) is 0 Å². The van der Waals surface area contributed by atoms with Crippen molar-refractivity contribution in [2.75, 3.05) is 0 Å². The maximum absolute atomic E-state index is 3.86. The molecule has 0 amide bonds. The third-order valence-corrected chi connectivity index (χ3v) is 4.43. The normalized spacial score (nSPS) is 13.3. The first-order chi connectivity index (χ1) is 8.89. The molecule has 0 aliphatic rings. The highest BCUT2D eigenvalue weighted by molar-refractivity contribution is 9.09. The Balaban J connectivity index is 2.44. The van der Waals surface area contributed by atoms with Crippen LogP contribution in [0.3, 0.4) is 0 Å². The number of hydrogen-bond acceptors (Lipinski definition) is 0. The van der Waals surface area contributed by atoms with Gasteiger partial charge in [-0.2, -0.15) is 0 Å². The lowest BCUT2D eigenvalue weighted by Crippen LogP contribution is -2.15. The van der Waals surface area contributed by atoms with Crippen LogP contribution in [0.25, 0.3) is 0 Å². The summed E-state index contributed by atoms with van der Waals surface area (Å²) in [5, 5.41) is 0. The lowest BCUT2D eigenvalue weighted by Gasteiger charge is -2.25. The number of aryl methyl sites for hydroxylation is 1. The third-order valence-electron chi connectivity index (χ3n) is 3.41. The molecule has 0 saturated heterocycles. The van der Waals surface area contributed by atoms with E-state index in [0.717, 1.165) is 0 Å². The summed E-state index contributed by atoms with van der Waals surface area (Å²) in [6.07, 6.45) is 0. The molecule has 2 aromatic rings. The van der Waals surface area contributed by atoms with Crippen LogP contribution in [-0.4, -0.2) is 0 Å². The van der Waals surface area contributed by atoms with Crippen molar-refractivity contribution in [3.63, 3.8) is 0 Å². The molecule has 2 rings (SSSR count). The molecule has 0 heterocycles. The molecule has 0 spiro atoms. The van der Waals surface area contributed by atoms with Crippen LogP contribution in [0.5, 0.6) is 0 Å². The topological polar surface area (TPSA) is 0 Å². The first-order valence-corrected chi connectivity index (χ1v) is 7.61. The van der Waals surface area contributed by atoms with Crippen LogP contribution in [0.4, 0.5) is 0 Å². The Morgan fingerprint density at radius 2 is 1.47 bits per heavy atom. The first kappa shape index (κ1) is 14.3. The van der Waals surface area contributed by atoms with E-state index >= 15 is 0 Å². The molecule has 0 N–H and O–H groups in total. The van der Waals surface area contributed by atoms with Gasteiger partial charge in [0.15, 0.2) is 0 Å². The molecule has 0 radical (unpaired) electrons. The summed E-state index contributed by atoms with van der Waals surface area (Å²) in [6.45, 7) is 8.91. The second-order valence-corrected chi connectivity index (χ2v) is 7.03. The van der Waals surface area contributed by atoms with Gasteiger partial charge in [-0.15, -0.1) is 0 Å². The molecule has 0 aliphatic heterocycles. The number of hydrogen-bond donors (Lipinski definition) is 0. The highest BCUT2D eigenvalue weighted by atomic mass is 79.9. The van der Waals surface area contributed by atoms with E-state index in [-0.39, 0.29) is 10.2 Å². The summed E-state index contributed by atoms with van der Waals surface area (Å²) >= 11 is 3.86. The van der Waals surface area contributed by atoms with Crippen LogP contribution in [-0.2, 0) is 5.41 Å². The zero-order chi connectivity index (χ0) is 14.0. The molecule has 2 aromatic carbocycles. The summed E-state index contributed by atoms with van der Waals surface area (Å²) in [6, 6.07) is 17.4. The van der Waals surface area contributed by atoms with Gasteiger partial charge in [-0.1, -0.05) is 90.8 Å². The maximum atomic E-state index is 3.86. The molecular formula is C18H21Br. The Bertz CT molecular complexity index is 547. The molecule has 0 aliphatic carbocycles. The van der Waals surface area contributed by atoms with Crippen LogP contribution >= 0.6 is 15.9 Å². The fourth-order valence-corrected chi connectivity index (χ4v) is 3.02. The van der Waals surface area contributed by atoms with E-state index < -0.39 is 0 Å². The van der Waals surface area contributed by atoms with Crippen molar-refractivity contribution in [1.82, 2.24) is 0 Å².